The van der Waals surface area contributed by atoms with Crippen molar-refractivity contribution in [3.63, 3.8) is 0 Å². The molecule has 0 bridgehead atoms. The summed E-state index contributed by atoms with van der Waals surface area (Å²) in [5, 5.41) is 0. The Hall–Kier alpha value is 3.70. The van der Waals surface area contributed by atoms with Crippen molar-refractivity contribution in [1.82, 2.24) is 0 Å². The van der Waals surface area contributed by atoms with Crippen LogP contribution in [0.1, 0.15) is 0 Å². The van der Waals surface area contributed by atoms with Crippen LogP contribution < -0.4 is 0 Å². The first-order valence-electron chi connectivity index (χ1n) is 11.4. The second-order valence-corrected chi connectivity index (χ2v) is 12.4. The molecule has 0 aliphatic heterocycles. The molecule has 42 heavy (non-hydrogen) atoms. The predicted octanol–water partition coefficient (Wildman–Crippen LogP) is 8.75. The van der Waals surface area contributed by atoms with Crippen LogP contribution in [0.2, 0.25) is 0 Å². The third-order valence-corrected chi connectivity index (χ3v) is 7.39. The average molecular weight is 897 g/mol. The van der Waals surface area contributed by atoms with E-state index in [1.165, 1.54) is 0 Å². The molecule has 0 heterocycles. The van der Waals surface area contributed by atoms with Crippen LogP contribution in [0.25, 0.3) is 0 Å². The second-order valence-electron chi connectivity index (χ2n) is 5.37. The van der Waals surface area contributed by atoms with Crippen LogP contribution >= 0.6 is 130 Å². The topological polar surface area (TPSA) is 100 Å². The summed E-state index contributed by atoms with van der Waals surface area (Å²) in [5.41, 5.74) is 0. The minimum Gasteiger partial charge on any atom is -0.311 e. The van der Waals surface area contributed by atoms with Crippen molar-refractivity contribution in [3.8, 4) is 0 Å². The number of halogens is 9. The number of carbonyl (C=O) groups excluding carboxylic acids is 1. The molecule has 262 valence electrons. The Balaban J connectivity index is -0.000000156. The molecule has 0 aromatic carbocycles. The van der Waals surface area contributed by atoms with E-state index in [9.17, 15) is 0 Å². The van der Waals surface area contributed by atoms with Crippen molar-refractivity contribution in [3.05, 3.63) is 0 Å². The Bertz CT molecular complexity index is 351. The van der Waals surface area contributed by atoms with Crippen LogP contribution in [0.4, 0.5) is 0 Å². The molecule has 0 aliphatic rings. The number of carbonyl (C=O) groups is 1. The van der Waals surface area contributed by atoms with E-state index in [0.29, 0.717) is 112 Å². The molecule has 0 unspecified atom stereocenters. The molecule has 10 nitrogen and oxygen atoms in total. The molecule has 0 rings (SSSR count). The summed E-state index contributed by atoms with van der Waals surface area (Å²) in [6.45, 7) is 5.61. The van der Waals surface area contributed by atoms with Crippen molar-refractivity contribution in [2.45, 2.75) is 0 Å². The standard InChI is InChI=1S/3C6H12Cl3O3P.CH2O.Ni/c3*7-1-4-10-13(11-5-2-8)12-6-3-9;1-2;/h3*1-6H2;1H2;. The molecule has 0 fully saturated rings. The van der Waals surface area contributed by atoms with Crippen molar-refractivity contribution >= 4 is 137 Å². The van der Waals surface area contributed by atoms with Gasteiger partial charge in [-0.1, -0.05) is 0 Å². The van der Waals surface area contributed by atoms with Crippen LogP contribution in [0.5, 0.6) is 0 Å². The van der Waals surface area contributed by atoms with Gasteiger partial charge >= 0.3 is 25.8 Å². The molecule has 0 saturated carbocycles. The SMILES string of the molecule is C=O.ClCCOP(OCCCl)OCCCl.ClCCOP(OCCCl)OCCCl.ClCCOP(OCCCl)OCCCl.[Ni]. The molecule has 0 aliphatic carbocycles. The zero-order valence-electron chi connectivity index (χ0n) is 22.6. The Labute approximate surface area is 309 Å². The van der Waals surface area contributed by atoms with E-state index in [2.05, 4.69) is 0 Å². The maximum Gasteiger partial charge on any atom is 0.332 e. The van der Waals surface area contributed by atoms with E-state index in [1.807, 2.05) is 6.79 Å². The number of rotatable bonds is 27. The zero-order chi connectivity index (χ0) is 31.8. The van der Waals surface area contributed by atoms with Gasteiger partial charge in [0.25, 0.3) is 0 Å². The van der Waals surface area contributed by atoms with Gasteiger partial charge in [-0.25, -0.2) is 0 Å². The minimum absolute atomic E-state index is 0. The van der Waals surface area contributed by atoms with Crippen molar-refractivity contribution < 1.29 is 62.0 Å². The fraction of sp³-hybridized carbons (Fsp3) is 0.947. The van der Waals surface area contributed by atoms with Crippen LogP contribution in [-0.4, -0.2) is 119 Å². The van der Waals surface area contributed by atoms with E-state index in [0.717, 1.165) is 0 Å². The van der Waals surface area contributed by atoms with Gasteiger partial charge in [0.2, 0.25) is 0 Å². The van der Waals surface area contributed by atoms with Gasteiger partial charge in [-0.2, -0.15) is 0 Å². The molecular weight excluding hydrogens is 859 g/mol. The van der Waals surface area contributed by atoms with Gasteiger partial charge < -0.3 is 45.5 Å². The third kappa shape index (κ3) is 50.6. The van der Waals surface area contributed by atoms with Crippen LogP contribution in [0, 0.1) is 0 Å². The zero-order valence-corrected chi connectivity index (χ0v) is 33.1. The Morgan fingerprint density at radius 3 is 0.476 bits per heavy atom. The summed E-state index contributed by atoms with van der Waals surface area (Å²) in [6.07, 6.45) is 0. The van der Waals surface area contributed by atoms with E-state index >= 15 is 0 Å². The van der Waals surface area contributed by atoms with Crippen molar-refractivity contribution in [2.75, 3.05) is 112 Å². The van der Waals surface area contributed by atoms with E-state index in [-0.39, 0.29) is 16.5 Å². The molecule has 0 spiro atoms. The van der Waals surface area contributed by atoms with E-state index in [1.54, 1.807) is 0 Å². The molecular formula is C19H38Cl9NiO10P3. The van der Waals surface area contributed by atoms with Gasteiger partial charge in [-0.3, -0.25) is 0 Å². The molecule has 0 amide bonds. The molecule has 0 radical (unpaired) electrons. The minimum atomic E-state index is -1.33. The second kappa shape index (κ2) is 54.2. The quantitative estimate of drug-likeness (QED) is 0.0452. The molecule has 23 heteroatoms. The first kappa shape index (κ1) is 55.1. The van der Waals surface area contributed by atoms with E-state index < -0.39 is 25.8 Å². The summed E-state index contributed by atoms with van der Waals surface area (Å²) in [5.74, 6) is 3.69. The average Bonchev–Trinajstić information content (AvgIpc) is 3.01. The summed E-state index contributed by atoms with van der Waals surface area (Å²) >= 11 is 48.9. The third-order valence-electron chi connectivity index (χ3n) is 2.46. The number of hydrogen-bond acceptors (Lipinski definition) is 10. The largest absolute Gasteiger partial charge is 0.332 e. The first-order chi connectivity index (χ1) is 20.0. The molecule has 0 aromatic rings. The Morgan fingerprint density at radius 2 is 0.405 bits per heavy atom. The van der Waals surface area contributed by atoms with Gasteiger partial charge in [0.1, 0.15) is 6.79 Å². The molecule has 0 atom stereocenters. The Morgan fingerprint density at radius 1 is 0.310 bits per heavy atom. The number of hydrogen-bond donors (Lipinski definition) is 0. The maximum absolute atomic E-state index is 8.00. The summed E-state index contributed by atoms with van der Waals surface area (Å²) in [4.78, 5) is 8.00. The van der Waals surface area contributed by atoms with Crippen LogP contribution in [0.3, 0.4) is 0 Å². The van der Waals surface area contributed by atoms with Crippen LogP contribution in [-0.2, 0) is 62.0 Å². The number of alkyl halides is 9. The monoisotopic (exact) mass is 892 g/mol. The maximum atomic E-state index is 8.00. The Kier molecular flexibility index (Phi) is 71.1. The summed E-state index contributed by atoms with van der Waals surface area (Å²) in [7, 11) is -3.99. The van der Waals surface area contributed by atoms with Crippen molar-refractivity contribution in [2.24, 2.45) is 0 Å². The van der Waals surface area contributed by atoms with Gasteiger partial charge in [0, 0.05) is 69.4 Å². The summed E-state index contributed by atoms with van der Waals surface area (Å²) in [6, 6.07) is 0. The molecule has 0 saturated heterocycles. The fourth-order valence-electron chi connectivity index (χ4n) is 1.32. The van der Waals surface area contributed by atoms with Gasteiger partial charge in [-0.05, 0) is 0 Å². The van der Waals surface area contributed by atoms with Gasteiger partial charge in [0.15, 0.2) is 0 Å². The van der Waals surface area contributed by atoms with Crippen LogP contribution in [0.15, 0.2) is 0 Å². The fourth-order valence-corrected chi connectivity index (χ4v) is 5.81. The summed E-state index contributed by atoms with van der Waals surface area (Å²) < 4.78 is 46.5. The first-order valence-corrected chi connectivity index (χ1v) is 19.5. The van der Waals surface area contributed by atoms with Gasteiger partial charge in [-0.15, -0.1) is 104 Å². The van der Waals surface area contributed by atoms with Gasteiger partial charge in [0.05, 0.1) is 59.5 Å². The normalized spacial score (nSPS) is 10.4. The van der Waals surface area contributed by atoms with E-state index in [4.69, 9.17) is 150 Å². The molecule has 0 aromatic heterocycles. The smallest absolute Gasteiger partial charge is 0.311 e. The van der Waals surface area contributed by atoms with Crippen molar-refractivity contribution in [1.29, 1.82) is 0 Å². The predicted molar refractivity (Wildman–Crippen MR) is 178 cm³/mol. The molecule has 0 N–H and O–H groups in total.